The molecule has 0 saturated carbocycles. The van der Waals surface area contributed by atoms with Crippen LogP contribution in [0.3, 0.4) is 0 Å². The third kappa shape index (κ3) is 5.92. The lowest BCUT2D eigenvalue weighted by Crippen LogP contribution is -3.00. The largest absolute Gasteiger partial charge is 1.00 e. The van der Waals surface area contributed by atoms with Crippen molar-refractivity contribution in [3.05, 3.63) is 35.9 Å². The van der Waals surface area contributed by atoms with Crippen LogP contribution in [0.15, 0.2) is 30.3 Å². The van der Waals surface area contributed by atoms with Crippen LogP contribution < -0.4 is 17.0 Å². The topological polar surface area (TPSA) is 20.2 Å². The van der Waals surface area contributed by atoms with E-state index in [9.17, 15) is 0 Å². The summed E-state index contributed by atoms with van der Waals surface area (Å²) in [6.45, 7) is 2.17. The van der Waals surface area contributed by atoms with E-state index in [4.69, 9.17) is 5.11 Å². The van der Waals surface area contributed by atoms with Crippen molar-refractivity contribution in [2.45, 2.75) is 6.42 Å². The molecule has 3 heteroatoms. The lowest BCUT2D eigenvalue weighted by atomic mass is 10.1. The summed E-state index contributed by atoms with van der Waals surface area (Å²) in [6, 6.07) is 10.5. The van der Waals surface area contributed by atoms with Gasteiger partial charge in [0.25, 0.3) is 0 Å². The average Bonchev–Trinajstić information content (AvgIpc) is 2.17. The highest BCUT2D eigenvalue weighted by Crippen LogP contribution is 2.04. The quantitative estimate of drug-likeness (QED) is 0.635. The van der Waals surface area contributed by atoms with Crippen LogP contribution in [0.25, 0.3) is 0 Å². The number of aliphatic hydroxyl groups is 1. The van der Waals surface area contributed by atoms with Crippen molar-refractivity contribution >= 4 is 0 Å². The highest BCUT2D eigenvalue weighted by Gasteiger charge is 2.13. The Morgan fingerprint density at radius 3 is 2.20 bits per heavy atom. The van der Waals surface area contributed by atoms with Crippen molar-refractivity contribution in [3.63, 3.8) is 0 Å². The standard InChI is InChI=1S/C12H20NO.BrH/c1-13(2,10-11-14)9-8-12-6-4-3-5-7-12;/h3-7,14H,8-11H2,1-2H3;1H/q+1;/p-1. The Morgan fingerprint density at radius 2 is 1.67 bits per heavy atom. The number of hydrogen-bond acceptors (Lipinski definition) is 1. The molecular formula is C12H20BrNO. The fourth-order valence-corrected chi connectivity index (χ4v) is 1.46. The molecule has 0 amide bonds. The minimum atomic E-state index is 0. The van der Waals surface area contributed by atoms with E-state index in [0.29, 0.717) is 0 Å². The molecule has 1 rings (SSSR count). The van der Waals surface area contributed by atoms with Gasteiger partial charge in [0.05, 0.1) is 27.2 Å². The van der Waals surface area contributed by atoms with Gasteiger partial charge in [-0.05, 0) is 5.56 Å². The van der Waals surface area contributed by atoms with E-state index in [2.05, 4.69) is 38.4 Å². The van der Waals surface area contributed by atoms with Crippen LogP contribution in [-0.2, 0) is 6.42 Å². The Kier molecular flexibility index (Phi) is 6.81. The molecule has 0 aromatic heterocycles. The zero-order chi connectivity index (χ0) is 10.4. The fraction of sp³-hybridized carbons (Fsp3) is 0.500. The molecular weight excluding hydrogens is 254 g/mol. The Morgan fingerprint density at radius 1 is 1.07 bits per heavy atom. The highest BCUT2D eigenvalue weighted by atomic mass is 79.9. The first kappa shape index (κ1) is 14.6. The maximum atomic E-state index is 8.88. The summed E-state index contributed by atoms with van der Waals surface area (Å²) in [5, 5.41) is 8.88. The smallest absolute Gasteiger partial charge is 0.102 e. The lowest BCUT2D eigenvalue weighted by Gasteiger charge is -2.28. The highest BCUT2D eigenvalue weighted by molar-refractivity contribution is 5.14. The van der Waals surface area contributed by atoms with Gasteiger partial charge < -0.3 is 26.6 Å². The molecule has 86 valence electrons. The molecule has 0 heterocycles. The zero-order valence-corrected chi connectivity index (χ0v) is 11.1. The van der Waals surface area contributed by atoms with E-state index in [0.717, 1.165) is 24.0 Å². The number of hydrogen-bond donors (Lipinski definition) is 1. The number of likely N-dealkylation sites (N-methyl/N-ethyl adjacent to an activating group) is 1. The molecule has 0 saturated heterocycles. The van der Waals surface area contributed by atoms with Crippen molar-refractivity contribution in [3.8, 4) is 0 Å². The zero-order valence-electron chi connectivity index (χ0n) is 9.49. The van der Waals surface area contributed by atoms with E-state index < -0.39 is 0 Å². The van der Waals surface area contributed by atoms with E-state index in [-0.39, 0.29) is 23.6 Å². The molecule has 1 N–H and O–H groups in total. The number of benzene rings is 1. The number of aliphatic hydroxyl groups excluding tert-OH is 1. The predicted octanol–water partition coefficient (Wildman–Crippen LogP) is -1.70. The maximum Gasteiger partial charge on any atom is 0.102 e. The monoisotopic (exact) mass is 273 g/mol. The first-order valence-corrected chi connectivity index (χ1v) is 5.11. The van der Waals surface area contributed by atoms with Gasteiger partial charge in [0.2, 0.25) is 0 Å². The number of nitrogens with zero attached hydrogens (tertiary/aromatic N) is 1. The molecule has 0 fully saturated rings. The molecule has 0 bridgehead atoms. The summed E-state index contributed by atoms with van der Waals surface area (Å²) in [5.74, 6) is 0. The summed E-state index contributed by atoms with van der Waals surface area (Å²) < 4.78 is 0.880. The Hall–Kier alpha value is -0.380. The molecule has 0 aliphatic heterocycles. The molecule has 0 spiro atoms. The van der Waals surface area contributed by atoms with Gasteiger partial charge in [-0.25, -0.2) is 0 Å². The van der Waals surface area contributed by atoms with Crippen molar-refractivity contribution in [1.29, 1.82) is 0 Å². The van der Waals surface area contributed by atoms with Crippen LogP contribution in [0.4, 0.5) is 0 Å². The fourth-order valence-electron chi connectivity index (χ4n) is 1.46. The summed E-state index contributed by atoms with van der Waals surface area (Å²) >= 11 is 0. The van der Waals surface area contributed by atoms with Crippen LogP contribution in [-0.4, -0.2) is 43.4 Å². The summed E-state index contributed by atoms with van der Waals surface area (Å²) in [4.78, 5) is 0. The molecule has 2 nitrogen and oxygen atoms in total. The third-order valence-electron chi connectivity index (χ3n) is 2.55. The van der Waals surface area contributed by atoms with Crippen molar-refractivity contribution in [1.82, 2.24) is 0 Å². The van der Waals surface area contributed by atoms with Crippen molar-refractivity contribution in [2.75, 3.05) is 33.8 Å². The van der Waals surface area contributed by atoms with Crippen molar-refractivity contribution < 1.29 is 26.6 Å². The van der Waals surface area contributed by atoms with Gasteiger partial charge in [0.1, 0.15) is 6.54 Å². The molecule has 0 radical (unpaired) electrons. The first-order valence-electron chi connectivity index (χ1n) is 5.11. The van der Waals surface area contributed by atoms with Gasteiger partial charge in [-0.1, -0.05) is 30.3 Å². The molecule has 0 atom stereocenters. The lowest BCUT2D eigenvalue weighted by molar-refractivity contribution is -0.890. The molecule has 15 heavy (non-hydrogen) atoms. The van der Waals surface area contributed by atoms with Gasteiger partial charge in [-0.2, -0.15) is 0 Å². The van der Waals surface area contributed by atoms with E-state index in [1.807, 2.05) is 6.07 Å². The number of rotatable bonds is 5. The van der Waals surface area contributed by atoms with Crippen molar-refractivity contribution in [2.24, 2.45) is 0 Å². The van der Waals surface area contributed by atoms with Gasteiger partial charge in [-0.15, -0.1) is 0 Å². The van der Waals surface area contributed by atoms with Crippen LogP contribution in [0, 0.1) is 0 Å². The molecule has 0 unspecified atom stereocenters. The normalized spacial score (nSPS) is 10.9. The minimum Gasteiger partial charge on any atom is -1.00 e. The van der Waals surface area contributed by atoms with Crippen LogP contribution >= 0.6 is 0 Å². The van der Waals surface area contributed by atoms with Crippen LogP contribution in [0.1, 0.15) is 5.56 Å². The summed E-state index contributed by atoms with van der Waals surface area (Å²) in [7, 11) is 4.30. The average molecular weight is 274 g/mol. The number of quaternary nitrogens is 1. The SMILES string of the molecule is C[N+](C)(CCO)CCc1ccccc1.[Br-]. The summed E-state index contributed by atoms with van der Waals surface area (Å²) in [5.41, 5.74) is 1.37. The second-order valence-corrected chi connectivity index (χ2v) is 4.34. The second kappa shape index (κ2) is 6.99. The van der Waals surface area contributed by atoms with E-state index in [1.54, 1.807) is 0 Å². The van der Waals surface area contributed by atoms with Gasteiger partial charge in [0.15, 0.2) is 0 Å². The van der Waals surface area contributed by atoms with Crippen LogP contribution in [0.2, 0.25) is 0 Å². The predicted molar refractivity (Wildman–Crippen MR) is 59.1 cm³/mol. The summed E-state index contributed by atoms with van der Waals surface area (Å²) in [6.07, 6.45) is 1.08. The molecule has 0 aliphatic rings. The van der Waals surface area contributed by atoms with Gasteiger partial charge >= 0.3 is 0 Å². The van der Waals surface area contributed by atoms with Crippen LogP contribution in [0.5, 0.6) is 0 Å². The maximum absolute atomic E-state index is 8.88. The van der Waals surface area contributed by atoms with Gasteiger partial charge in [-0.3, -0.25) is 0 Å². The Labute approximate surface area is 103 Å². The molecule has 1 aromatic carbocycles. The second-order valence-electron chi connectivity index (χ2n) is 4.34. The molecule has 1 aromatic rings. The third-order valence-corrected chi connectivity index (χ3v) is 2.55. The van der Waals surface area contributed by atoms with E-state index in [1.165, 1.54) is 5.56 Å². The minimum absolute atomic E-state index is 0. The Balaban J connectivity index is 0.00000196. The van der Waals surface area contributed by atoms with E-state index >= 15 is 0 Å². The number of halogens is 1. The molecule has 0 aliphatic carbocycles. The van der Waals surface area contributed by atoms with Gasteiger partial charge in [0, 0.05) is 6.42 Å². The first-order chi connectivity index (χ1) is 6.64. The Bertz CT molecular complexity index is 262.